The van der Waals surface area contributed by atoms with Crippen LogP contribution in [0.25, 0.3) is 0 Å². The summed E-state index contributed by atoms with van der Waals surface area (Å²) in [4.78, 5) is 23.6. The number of halogens is 1. The van der Waals surface area contributed by atoms with Crippen LogP contribution in [0.1, 0.15) is 50.5 Å². The van der Waals surface area contributed by atoms with Gasteiger partial charge in [0.15, 0.2) is 0 Å². The molecule has 1 aliphatic rings. The summed E-state index contributed by atoms with van der Waals surface area (Å²) in [5, 5.41) is 12.9. The highest BCUT2D eigenvalue weighted by atomic mass is 35.5. The molecular formula is C18H25ClN2O6S. The maximum atomic E-state index is 12.2. The van der Waals surface area contributed by atoms with Gasteiger partial charge in [0.2, 0.25) is 5.91 Å². The van der Waals surface area contributed by atoms with Crippen molar-refractivity contribution in [2.45, 2.75) is 68.3 Å². The third kappa shape index (κ3) is 6.44. The number of carbonyl (C=O) groups excluding carboxylic acids is 2. The zero-order valence-electron chi connectivity index (χ0n) is 15.4. The van der Waals surface area contributed by atoms with Gasteiger partial charge in [0.1, 0.15) is 16.4 Å². The monoisotopic (exact) mass is 432 g/mol. The quantitative estimate of drug-likeness (QED) is 0.459. The number of nitrogens with one attached hydrogen (secondary N) is 1. The number of benzene rings is 1. The fraction of sp³-hybridized carbons (Fsp3) is 0.556. The zero-order chi connectivity index (χ0) is 20.9. The minimum absolute atomic E-state index is 0.0214. The van der Waals surface area contributed by atoms with E-state index >= 15 is 0 Å². The van der Waals surface area contributed by atoms with E-state index in [9.17, 15) is 23.1 Å². The van der Waals surface area contributed by atoms with Crippen molar-refractivity contribution in [1.29, 1.82) is 0 Å². The molecule has 156 valence electrons. The summed E-state index contributed by atoms with van der Waals surface area (Å²) in [7, 11) is -4.68. The van der Waals surface area contributed by atoms with Crippen molar-refractivity contribution >= 4 is 33.4 Å². The SMILES string of the molecule is NC(CCC(=O)Cc1cc(Cl)cc(S(=O)(=O)O)c1O)C(=O)NC1CCCCC1. The van der Waals surface area contributed by atoms with Gasteiger partial charge >= 0.3 is 0 Å². The second-order valence-corrected chi connectivity index (χ2v) is 8.92. The highest BCUT2D eigenvalue weighted by Crippen LogP contribution is 2.31. The normalized spacial score (nSPS) is 16.5. The molecule has 0 heterocycles. The fourth-order valence-corrected chi connectivity index (χ4v) is 4.22. The first-order chi connectivity index (χ1) is 13.1. The Morgan fingerprint density at radius 1 is 1.25 bits per heavy atom. The molecule has 0 saturated heterocycles. The molecule has 0 aromatic heterocycles. The second kappa shape index (κ2) is 9.69. The summed E-state index contributed by atoms with van der Waals surface area (Å²) in [6.45, 7) is 0. The highest BCUT2D eigenvalue weighted by molar-refractivity contribution is 7.86. The maximum Gasteiger partial charge on any atom is 0.298 e. The van der Waals surface area contributed by atoms with Crippen LogP contribution in [0.15, 0.2) is 17.0 Å². The molecule has 2 rings (SSSR count). The molecular weight excluding hydrogens is 408 g/mol. The van der Waals surface area contributed by atoms with Crippen LogP contribution in [0.3, 0.4) is 0 Å². The Hall–Kier alpha value is -1.68. The third-order valence-corrected chi connectivity index (χ3v) is 5.89. The van der Waals surface area contributed by atoms with Crippen LogP contribution in [0.5, 0.6) is 5.75 Å². The van der Waals surface area contributed by atoms with Crippen molar-refractivity contribution in [3.8, 4) is 5.75 Å². The van der Waals surface area contributed by atoms with Crippen LogP contribution in [0.4, 0.5) is 0 Å². The highest BCUT2D eigenvalue weighted by Gasteiger charge is 2.23. The lowest BCUT2D eigenvalue weighted by molar-refractivity contribution is -0.123. The first-order valence-electron chi connectivity index (χ1n) is 9.14. The van der Waals surface area contributed by atoms with E-state index < -0.39 is 26.8 Å². The van der Waals surface area contributed by atoms with Gasteiger partial charge in [0.05, 0.1) is 6.04 Å². The predicted octanol–water partition coefficient (Wildman–Crippen LogP) is 1.96. The van der Waals surface area contributed by atoms with Gasteiger partial charge in [-0.25, -0.2) is 0 Å². The van der Waals surface area contributed by atoms with Crippen LogP contribution < -0.4 is 11.1 Å². The largest absolute Gasteiger partial charge is 0.506 e. The van der Waals surface area contributed by atoms with E-state index in [0.717, 1.165) is 31.7 Å². The van der Waals surface area contributed by atoms with E-state index in [0.29, 0.717) is 0 Å². The van der Waals surface area contributed by atoms with Crippen molar-refractivity contribution in [2.24, 2.45) is 5.73 Å². The smallest absolute Gasteiger partial charge is 0.298 e. The third-order valence-electron chi connectivity index (χ3n) is 4.81. The van der Waals surface area contributed by atoms with Gasteiger partial charge in [-0.1, -0.05) is 30.9 Å². The Balaban J connectivity index is 1.91. The summed E-state index contributed by atoms with van der Waals surface area (Å²) < 4.78 is 31.7. The molecule has 1 saturated carbocycles. The number of rotatable bonds is 8. The Kier molecular flexibility index (Phi) is 7.82. The van der Waals surface area contributed by atoms with Crippen LogP contribution in [0.2, 0.25) is 5.02 Å². The van der Waals surface area contributed by atoms with E-state index in [1.54, 1.807) is 0 Å². The second-order valence-electron chi connectivity index (χ2n) is 7.09. The molecule has 1 aromatic rings. The average molecular weight is 433 g/mol. The summed E-state index contributed by atoms with van der Waals surface area (Å²) in [5.74, 6) is -1.36. The van der Waals surface area contributed by atoms with E-state index in [-0.39, 0.29) is 47.6 Å². The Morgan fingerprint density at radius 3 is 2.50 bits per heavy atom. The first kappa shape index (κ1) is 22.6. The molecule has 1 aliphatic carbocycles. The van der Waals surface area contributed by atoms with Crippen molar-refractivity contribution in [2.75, 3.05) is 0 Å². The van der Waals surface area contributed by atoms with Gasteiger partial charge in [-0.05, 0) is 31.4 Å². The predicted molar refractivity (Wildman–Crippen MR) is 104 cm³/mol. The van der Waals surface area contributed by atoms with Crippen molar-refractivity contribution < 1.29 is 27.7 Å². The zero-order valence-corrected chi connectivity index (χ0v) is 16.9. The number of Topliss-reactive ketones (excluding diaryl/α,β-unsaturated/α-hetero) is 1. The lowest BCUT2D eigenvalue weighted by atomic mass is 9.95. The number of phenolic OH excluding ortho intramolecular Hbond substituents is 1. The van der Waals surface area contributed by atoms with E-state index in [2.05, 4.69) is 5.32 Å². The average Bonchev–Trinajstić information content (AvgIpc) is 2.62. The van der Waals surface area contributed by atoms with E-state index in [4.69, 9.17) is 21.9 Å². The van der Waals surface area contributed by atoms with Gasteiger partial charge in [0, 0.05) is 29.5 Å². The molecule has 1 atom stereocenters. The minimum Gasteiger partial charge on any atom is -0.506 e. The molecule has 0 radical (unpaired) electrons. The Morgan fingerprint density at radius 2 is 1.89 bits per heavy atom. The standard InChI is InChI=1S/C18H25ClN2O6S/c19-12-8-11(17(23)16(10-12)28(25,26)27)9-14(22)6-7-15(20)18(24)21-13-4-2-1-3-5-13/h8,10,13,15,23H,1-7,9,20H2,(H,21,24)(H,25,26,27). The summed E-state index contributed by atoms with van der Waals surface area (Å²) in [6, 6.07) is 1.45. The Bertz CT molecular complexity index is 837. The molecule has 1 aromatic carbocycles. The fourth-order valence-electron chi connectivity index (χ4n) is 3.26. The molecule has 1 fully saturated rings. The number of hydrogen-bond acceptors (Lipinski definition) is 6. The molecule has 0 spiro atoms. The van der Waals surface area contributed by atoms with Gasteiger partial charge < -0.3 is 16.2 Å². The molecule has 0 bridgehead atoms. The molecule has 0 aliphatic heterocycles. The van der Waals surface area contributed by atoms with Crippen molar-refractivity contribution in [1.82, 2.24) is 5.32 Å². The van der Waals surface area contributed by atoms with Crippen molar-refractivity contribution in [3.05, 3.63) is 22.7 Å². The maximum absolute atomic E-state index is 12.2. The minimum atomic E-state index is -4.68. The van der Waals surface area contributed by atoms with Gasteiger partial charge in [0.25, 0.3) is 10.1 Å². The van der Waals surface area contributed by atoms with E-state index in [1.165, 1.54) is 12.5 Å². The lowest BCUT2D eigenvalue weighted by Crippen LogP contribution is -2.46. The van der Waals surface area contributed by atoms with Crippen LogP contribution in [-0.2, 0) is 26.1 Å². The molecule has 1 unspecified atom stereocenters. The van der Waals surface area contributed by atoms with E-state index in [1.807, 2.05) is 0 Å². The number of aromatic hydroxyl groups is 1. The van der Waals surface area contributed by atoms with Crippen LogP contribution >= 0.6 is 11.6 Å². The summed E-state index contributed by atoms with van der Waals surface area (Å²) in [5.41, 5.74) is 5.84. The Labute approximate surface area is 169 Å². The number of phenols is 1. The van der Waals surface area contributed by atoms with Gasteiger partial charge in [-0.2, -0.15) is 8.42 Å². The lowest BCUT2D eigenvalue weighted by Gasteiger charge is -2.24. The first-order valence-corrected chi connectivity index (χ1v) is 11.0. The number of amides is 1. The van der Waals surface area contributed by atoms with Crippen LogP contribution in [-0.4, -0.2) is 41.9 Å². The molecule has 10 heteroatoms. The van der Waals surface area contributed by atoms with Gasteiger partial charge in [-0.3, -0.25) is 14.1 Å². The van der Waals surface area contributed by atoms with Gasteiger partial charge in [-0.15, -0.1) is 0 Å². The number of ketones is 1. The molecule has 5 N–H and O–H groups in total. The number of hydrogen-bond donors (Lipinski definition) is 4. The molecule has 1 amide bonds. The number of nitrogens with two attached hydrogens (primary N) is 1. The van der Waals surface area contributed by atoms with Crippen molar-refractivity contribution in [3.63, 3.8) is 0 Å². The molecule has 28 heavy (non-hydrogen) atoms. The van der Waals surface area contributed by atoms with Crippen LogP contribution in [0, 0.1) is 0 Å². The molecule has 8 nitrogen and oxygen atoms in total. The summed E-state index contributed by atoms with van der Waals surface area (Å²) in [6.07, 6.45) is 4.99. The summed E-state index contributed by atoms with van der Waals surface area (Å²) >= 11 is 5.80. The number of carbonyl (C=O) groups is 2. The topological polar surface area (TPSA) is 147 Å².